The average molecular weight is 393 g/mol. The number of esters is 1. The third-order valence-electron chi connectivity index (χ3n) is 4.31. The highest BCUT2D eigenvalue weighted by Crippen LogP contribution is 2.15. The number of aromatic nitrogens is 2. The lowest BCUT2D eigenvalue weighted by atomic mass is 10.2. The summed E-state index contributed by atoms with van der Waals surface area (Å²) in [4.78, 5) is 24.3. The molecule has 1 heterocycles. The zero-order valence-electron chi connectivity index (χ0n) is 16.4. The smallest absolute Gasteiger partial charge is 0.306 e. The molecule has 0 aliphatic carbocycles. The number of anilines is 1. The molecule has 3 rings (SSSR count). The first-order valence-corrected chi connectivity index (χ1v) is 9.28. The minimum Gasteiger partial charge on any atom is -0.497 e. The zero-order valence-corrected chi connectivity index (χ0v) is 16.4. The third kappa shape index (κ3) is 5.68. The molecule has 1 N–H and O–H groups in total. The molecule has 0 aliphatic rings. The molecule has 0 spiro atoms. The van der Waals surface area contributed by atoms with Crippen LogP contribution in [0.4, 0.5) is 5.69 Å². The highest BCUT2D eigenvalue weighted by atomic mass is 16.5. The highest BCUT2D eigenvalue weighted by Gasteiger charge is 2.18. The van der Waals surface area contributed by atoms with Gasteiger partial charge in [0.2, 0.25) is 0 Å². The number of ether oxygens (including phenoxy) is 2. The molecule has 1 atom stereocenters. The van der Waals surface area contributed by atoms with Crippen molar-refractivity contribution in [1.29, 1.82) is 0 Å². The number of rotatable bonds is 8. The molecule has 7 nitrogen and oxygen atoms in total. The van der Waals surface area contributed by atoms with Gasteiger partial charge in [-0.15, -0.1) is 0 Å². The van der Waals surface area contributed by atoms with Gasteiger partial charge in [-0.3, -0.25) is 9.59 Å². The van der Waals surface area contributed by atoms with Crippen LogP contribution in [0.2, 0.25) is 0 Å². The molecule has 0 saturated heterocycles. The van der Waals surface area contributed by atoms with Gasteiger partial charge in [0, 0.05) is 18.3 Å². The van der Waals surface area contributed by atoms with Crippen molar-refractivity contribution in [2.24, 2.45) is 0 Å². The van der Waals surface area contributed by atoms with E-state index in [2.05, 4.69) is 10.4 Å². The molecule has 3 aromatic rings. The van der Waals surface area contributed by atoms with Crippen LogP contribution < -0.4 is 10.1 Å². The van der Waals surface area contributed by atoms with E-state index in [0.717, 1.165) is 11.3 Å². The van der Waals surface area contributed by atoms with Crippen molar-refractivity contribution in [2.45, 2.75) is 25.9 Å². The molecule has 0 unspecified atom stereocenters. The van der Waals surface area contributed by atoms with Gasteiger partial charge in [-0.25, -0.2) is 4.68 Å². The Morgan fingerprint density at radius 3 is 2.52 bits per heavy atom. The quantitative estimate of drug-likeness (QED) is 0.593. The second-order valence-corrected chi connectivity index (χ2v) is 6.48. The number of carbonyl (C=O) groups excluding carboxylic acids is 2. The van der Waals surface area contributed by atoms with Gasteiger partial charge < -0.3 is 14.8 Å². The van der Waals surface area contributed by atoms with Gasteiger partial charge in [-0.2, -0.15) is 5.10 Å². The van der Waals surface area contributed by atoms with Crippen molar-refractivity contribution in [1.82, 2.24) is 9.78 Å². The molecule has 0 fully saturated rings. The fourth-order valence-corrected chi connectivity index (χ4v) is 2.69. The monoisotopic (exact) mass is 393 g/mol. The predicted octanol–water partition coefficient (Wildman–Crippen LogP) is 3.38. The number of hydrogen-bond donors (Lipinski definition) is 1. The maximum Gasteiger partial charge on any atom is 0.306 e. The van der Waals surface area contributed by atoms with Crippen molar-refractivity contribution >= 4 is 17.6 Å². The van der Waals surface area contributed by atoms with E-state index in [1.807, 2.05) is 36.5 Å². The fourth-order valence-electron chi connectivity index (χ4n) is 2.69. The summed E-state index contributed by atoms with van der Waals surface area (Å²) in [6.45, 7) is 1.55. The van der Waals surface area contributed by atoms with Crippen molar-refractivity contribution in [2.75, 3.05) is 12.4 Å². The van der Waals surface area contributed by atoms with Crippen LogP contribution in [0.1, 0.15) is 18.9 Å². The van der Waals surface area contributed by atoms with E-state index in [1.54, 1.807) is 49.2 Å². The van der Waals surface area contributed by atoms with Crippen LogP contribution in [0.3, 0.4) is 0 Å². The third-order valence-corrected chi connectivity index (χ3v) is 4.31. The van der Waals surface area contributed by atoms with Gasteiger partial charge in [-0.05, 0) is 55.3 Å². The normalized spacial score (nSPS) is 11.5. The van der Waals surface area contributed by atoms with Gasteiger partial charge in [0.25, 0.3) is 5.91 Å². The Hall–Kier alpha value is -3.61. The molecule has 1 aromatic heterocycles. The van der Waals surface area contributed by atoms with Crippen molar-refractivity contribution in [3.8, 4) is 11.4 Å². The van der Waals surface area contributed by atoms with Crippen molar-refractivity contribution in [3.05, 3.63) is 72.6 Å². The lowest BCUT2D eigenvalue weighted by Gasteiger charge is -2.13. The number of methoxy groups -OCH3 is 1. The lowest BCUT2D eigenvalue weighted by molar-refractivity contribution is -0.153. The summed E-state index contributed by atoms with van der Waals surface area (Å²) in [7, 11) is 1.57. The zero-order chi connectivity index (χ0) is 20.6. The number of carbonyl (C=O) groups is 2. The minimum absolute atomic E-state index is 0.167. The summed E-state index contributed by atoms with van der Waals surface area (Å²) in [6.07, 6.45) is 3.36. The summed E-state index contributed by atoms with van der Waals surface area (Å²) in [5, 5.41) is 7.01. The molecular formula is C22H23N3O4. The van der Waals surface area contributed by atoms with E-state index < -0.39 is 12.1 Å². The first-order valence-electron chi connectivity index (χ1n) is 9.28. The fraction of sp³-hybridized carbons (Fsp3) is 0.227. The SMILES string of the molecule is COc1ccc(NC(=O)[C@H](C)OC(=O)CCc2cnn(-c3ccccc3)c2)cc1. The molecule has 29 heavy (non-hydrogen) atoms. The van der Waals surface area contributed by atoms with Crippen molar-refractivity contribution in [3.63, 3.8) is 0 Å². The van der Waals surface area contributed by atoms with Crippen LogP contribution in [0.25, 0.3) is 5.69 Å². The number of para-hydroxylation sites is 1. The van der Waals surface area contributed by atoms with Gasteiger partial charge in [0.1, 0.15) is 5.75 Å². The average Bonchev–Trinajstić information content (AvgIpc) is 3.22. The maximum absolute atomic E-state index is 12.2. The van der Waals surface area contributed by atoms with Crippen molar-refractivity contribution < 1.29 is 19.1 Å². The van der Waals surface area contributed by atoms with E-state index in [-0.39, 0.29) is 12.3 Å². The molecular weight excluding hydrogens is 370 g/mol. The minimum atomic E-state index is -0.892. The van der Waals surface area contributed by atoms with Gasteiger partial charge in [-0.1, -0.05) is 18.2 Å². The number of benzene rings is 2. The van der Waals surface area contributed by atoms with Crippen LogP contribution in [-0.2, 0) is 20.7 Å². The summed E-state index contributed by atoms with van der Waals surface area (Å²) < 4.78 is 12.1. The van der Waals surface area contributed by atoms with E-state index in [4.69, 9.17) is 9.47 Å². The number of hydrogen-bond acceptors (Lipinski definition) is 5. The van der Waals surface area contributed by atoms with Gasteiger partial charge >= 0.3 is 5.97 Å². The predicted molar refractivity (Wildman–Crippen MR) is 109 cm³/mol. The molecule has 150 valence electrons. The largest absolute Gasteiger partial charge is 0.497 e. The lowest BCUT2D eigenvalue weighted by Crippen LogP contribution is -2.30. The van der Waals surface area contributed by atoms with E-state index in [0.29, 0.717) is 17.9 Å². The maximum atomic E-state index is 12.2. The van der Waals surface area contributed by atoms with Crippen LogP contribution >= 0.6 is 0 Å². The molecule has 0 aliphatic heterocycles. The highest BCUT2D eigenvalue weighted by molar-refractivity contribution is 5.95. The van der Waals surface area contributed by atoms with E-state index in [1.165, 1.54) is 0 Å². The van der Waals surface area contributed by atoms with Gasteiger partial charge in [0.15, 0.2) is 6.10 Å². The standard InChI is InChI=1S/C22H23N3O4/c1-16(22(27)24-18-9-11-20(28-2)12-10-18)29-21(26)13-8-17-14-23-25(15-17)19-6-4-3-5-7-19/h3-7,9-12,14-16H,8,13H2,1-2H3,(H,24,27)/t16-/m0/s1. The topological polar surface area (TPSA) is 82.4 Å². The first-order chi connectivity index (χ1) is 14.0. The Kier molecular flexibility index (Phi) is 6.63. The molecule has 2 aromatic carbocycles. The number of nitrogens with zero attached hydrogens (tertiary/aromatic N) is 2. The van der Waals surface area contributed by atoms with E-state index >= 15 is 0 Å². The second kappa shape index (κ2) is 9.54. The van der Waals surface area contributed by atoms with Crippen LogP contribution in [0.15, 0.2) is 67.0 Å². The van der Waals surface area contributed by atoms with Crippen LogP contribution in [0.5, 0.6) is 5.75 Å². The summed E-state index contributed by atoms with van der Waals surface area (Å²) in [5.74, 6) is -0.131. The van der Waals surface area contributed by atoms with Crippen LogP contribution in [0, 0.1) is 0 Å². The number of aryl methyl sites for hydroxylation is 1. The number of nitrogens with one attached hydrogen (secondary N) is 1. The Bertz CT molecular complexity index is 952. The Labute approximate surface area is 169 Å². The molecule has 7 heteroatoms. The molecule has 0 saturated carbocycles. The second-order valence-electron chi connectivity index (χ2n) is 6.48. The Balaban J connectivity index is 1.46. The number of amides is 1. The molecule has 0 radical (unpaired) electrons. The molecule has 0 bridgehead atoms. The summed E-state index contributed by atoms with van der Waals surface area (Å²) in [6, 6.07) is 16.6. The van der Waals surface area contributed by atoms with Gasteiger partial charge in [0.05, 0.1) is 19.0 Å². The van der Waals surface area contributed by atoms with E-state index in [9.17, 15) is 9.59 Å². The summed E-state index contributed by atoms with van der Waals surface area (Å²) in [5.41, 5.74) is 2.47. The van der Waals surface area contributed by atoms with Crippen LogP contribution in [-0.4, -0.2) is 34.9 Å². The summed E-state index contributed by atoms with van der Waals surface area (Å²) >= 11 is 0. The Morgan fingerprint density at radius 1 is 1.10 bits per heavy atom. The Morgan fingerprint density at radius 2 is 1.83 bits per heavy atom. The molecule has 1 amide bonds. The first kappa shape index (κ1) is 20.1.